The van der Waals surface area contributed by atoms with E-state index in [9.17, 15) is 14.4 Å². The summed E-state index contributed by atoms with van der Waals surface area (Å²) in [6.45, 7) is 3.40. The van der Waals surface area contributed by atoms with Crippen LogP contribution in [-0.2, 0) is 32.1 Å². The van der Waals surface area contributed by atoms with Gasteiger partial charge in [0.25, 0.3) is 0 Å². The van der Waals surface area contributed by atoms with Crippen LogP contribution in [0.15, 0.2) is 48.5 Å². The first-order valence-corrected chi connectivity index (χ1v) is 13.7. The number of methoxy groups -OCH3 is 1. The lowest BCUT2D eigenvalue weighted by Crippen LogP contribution is -2.57. The van der Waals surface area contributed by atoms with Gasteiger partial charge in [0.05, 0.1) is 12.0 Å². The Labute approximate surface area is 235 Å². The molecule has 2 aromatic carbocycles. The molecule has 0 spiro atoms. The predicted molar refractivity (Wildman–Crippen MR) is 152 cm³/mol. The summed E-state index contributed by atoms with van der Waals surface area (Å²) in [6, 6.07) is 15.4. The Kier molecular flexibility index (Phi) is 11.2. The summed E-state index contributed by atoms with van der Waals surface area (Å²) in [5.41, 5.74) is 15.0. The van der Waals surface area contributed by atoms with Crippen molar-refractivity contribution < 1.29 is 19.1 Å². The second-order valence-electron chi connectivity index (χ2n) is 9.94. The summed E-state index contributed by atoms with van der Waals surface area (Å²) in [5.74, 6) is -0.946. The number of hydrogen-bond donors (Lipinski definition) is 2. The SMILES string of the molecule is CCc1ccc(N(CC2(C(=O)NCc3ccccc3Cl)CCN(C(=O)CN)CC2)C(CCC([NH])=O)OC)cc1. The topological polar surface area (TPSA) is 129 Å². The molecule has 1 atom stereocenters. The average molecular weight is 557 g/mol. The van der Waals surface area contributed by atoms with Gasteiger partial charge in [-0.25, -0.2) is 0 Å². The van der Waals surface area contributed by atoms with Crippen LogP contribution in [0.1, 0.15) is 43.7 Å². The molecule has 1 aliphatic rings. The molecular formula is C29H39ClN5O4. The van der Waals surface area contributed by atoms with Crippen LogP contribution in [0.25, 0.3) is 0 Å². The highest BCUT2D eigenvalue weighted by atomic mass is 35.5. The fourth-order valence-electron chi connectivity index (χ4n) is 5.04. The van der Waals surface area contributed by atoms with E-state index in [0.717, 1.165) is 17.7 Å². The Hall–Kier alpha value is -3.14. The molecule has 2 aromatic rings. The number of aryl methyl sites for hydroxylation is 1. The van der Waals surface area contributed by atoms with Crippen molar-refractivity contribution in [3.63, 3.8) is 0 Å². The Morgan fingerprint density at radius 1 is 1.15 bits per heavy atom. The Morgan fingerprint density at radius 3 is 2.38 bits per heavy atom. The molecule has 1 saturated heterocycles. The number of benzene rings is 2. The van der Waals surface area contributed by atoms with Crippen LogP contribution in [0.3, 0.4) is 0 Å². The second-order valence-corrected chi connectivity index (χ2v) is 10.3. The van der Waals surface area contributed by atoms with Crippen LogP contribution in [0.5, 0.6) is 0 Å². The van der Waals surface area contributed by atoms with Crippen molar-refractivity contribution in [2.45, 2.75) is 51.8 Å². The molecule has 1 unspecified atom stereocenters. The predicted octanol–water partition coefficient (Wildman–Crippen LogP) is 3.15. The molecule has 3 amide bonds. The largest absolute Gasteiger partial charge is 0.362 e. The third-order valence-electron chi connectivity index (χ3n) is 7.51. The maximum absolute atomic E-state index is 14.0. The van der Waals surface area contributed by atoms with Gasteiger partial charge in [0, 0.05) is 56.8 Å². The molecule has 0 aromatic heterocycles. The number of piperidine rings is 1. The lowest BCUT2D eigenvalue weighted by Gasteiger charge is -2.45. The summed E-state index contributed by atoms with van der Waals surface area (Å²) in [5, 5.41) is 3.66. The number of amides is 3. The zero-order valence-electron chi connectivity index (χ0n) is 22.7. The standard InChI is InChI=1S/C29H39ClN5O4/c1-3-21-8-10-23(11-9-21)35(27(39-2)13-12-25(32)36)20-29(14-16-34(17-15-29)26(37)18-31)28(38)33-19-22-6-4-5-7-24(22)30/h4-11,27,32H,3,12-20,31H2,1-2H3,(H,33,38). The van der Waals surface area contributed by atoms with Crippen LogP contribution >= 0.6 is 11.6 Å². The van der Waals surface area contributed by atoms with Gasteiger partial charge in [-0.05, 0) is 48.6 Å². The summed E-state index contributed by atoms with van der Waals surface area (Å²) < 4.78 is 5.82. The summed E-state index contributed by atoms with van der Waals surface area (Å²) >= 11 is 6.33. The molecule has 0 aliphatic carbocycles. The van der Waals surface area contributed by atoms with E-state index in [1.165, 1.54) is 5.56 Å². The van der Waals surface area contributed by atoms with Crippen molar-refractivity contribution >= 4 is 35.0 Å². The van der Waals surface area contributed by atoms with Crippen molar-refractivity contribution in [2.75, 3.05) is 38.2 Å². The highest BCUT2D eigenvalue weighted by molar-refractivity contribution is 6.31. The molecule has 10 heteroatoms. The van der Waals surface area contributed by atoms with E-state index < -0.39 is 17.6 Å². The highest BCUT2D eigenvalue weighted by Crippen LogP contribution is 2.36. The molecule has 39 heavy (non-hydrogen) atoms. The molecular weight excluding hydrogens is 518 g/mol. The van der Waals surface area contributed by atoms with Crippen molar-refractivity contribution in [1.29, 1.82) is 0 Å². The molecule has 0 bridgehead atoms. The van der Waals surface area contributed by atoms with Gasteiger partial charge in [-0.1, -0.05) is 48.9 Å². The van der Waals surface area contributed by atoms with Crippen LogP contribution in [0.2, 0.25) is 5.02 Å². The lowest BCUT2D eigenvalue weighted by molar-refractivity contribution is -0.139. The lowest BCUT2D eigenvalue weighted by atomic mass is 9.76. The zero-order chi connectivity index (χ0) is 28.4. The van der Waals surface area contributed by atoms with Crippen molar-refractivity contribution in [3.05, 3.63) is 64.7 Å². The molecule has 3 rings (SSSR count). The minimum absolute atomic E-state index is 0.0343. The summed E-state index contributed by atoms with van der Waals surface area (Å²) in [6.07, 6.45) is 1.58. The van der Waals surface area contributed by atoms with E-state index in [0.29, 0.717) is 43.9 Å². The number of ether oxygens (including phenoxy) is 1. The Morgan fingerprint density at radius 2 is 1.82 bits per heavy atom. The number of hydrogen-bond acceptors (Lipinski definition) is 6. The Balaban J connectivity index is 1.94. The molecule has 1 radical (unpaired) electrons. The van der Waals surface area contributed by atoms with Gasteiger partial charge in [0.2, 0.25) is 17.7 Å². The minimum Gasteiger partial charge on any atom is -0.362 e. The number of nitrogens with two attached hydrogens (primary N) is 1. The van der Waals surface area contributed by atoms with E-state index in [4.69, 9.17) is 27.8 Å². The maximum Gasteiger partial charge on any atom is 0.238 e. The van der Waals surface area contributed by atoms with Gasteiger partial charge < -0.3 is 25.6 Å². The van der Waals surface area contributed by atoms with Crippen molar-refractivity contribution in [2.24, 2.45) is 11.1 Å². The van der Waals surface area contributed by atoms with Gasteiger partial charge in [-0.3, -0.25) is 20.1 Å². The molecule has 211 valence electrons. The average Bonchev–Trinajstić information content (AvgIpc) is 2.96. The fraction of sp³-hybridized carbons (Fsp3) is 0.483. The molecule has 4 N–H and O–H groups in total. The quantitative estimate of drug-likeness (QED) is 0.365. The number of halogens is 1. The smallest absolute Gasteiger partial charge is 0.238 e. The minimum atomic E-state index is -0.849. The number of likely N-dealkylation sites (tertiary alicyclic amines) is 1. The molecule has 1 aliphatic heterocycles. The van der Waals surface area contributed by atoms with E-state index in [1.54, 1.807) is 18.1 Å². The first-order valence-electron chi connectivity index (χ1n) is 13.4. The first-order chi connectivity index (χ1) is 18.7. The molecule has 1 heterocycles. The van der Waals surface area contributed by atoms with E-state index in [1.807, 2.05) is 47.4 Å². The van der Waals surface area contributed by atoms with Crippen LogP contribution in [0, 0.1) is 5.41 Å². The van der Waals surface area contributed by atoms with Crippen LogP contribution in [-0.4, -0.2) is 62.1 Å². The number of anilines is 1. The first kappa shape index (κ1) is 30.4. The van der Waals surface area contributed by atoms with Gasteiger partial charge in [-0.2, -0.15) is 0 Å². The maximum atomic E-state index is 14.0. The number of nitrogens with zero attached hydrogens (tertiary/aromatic N) is 2. The third kappa shape index (κ3) is 7.94. The third-order valence-corrected chi connectivity index (χ3v) is 7.88. The highest BCUT2D eigenvalue weighted by Gasteiger charge is 2.44. The van der Waals surface area contributed by atoms with Gasteiger partial charge in [0.1, 0.15) is 6.23 Å². The monoisotopic (exact) mass is 556 g/mol. The van der Waals surface area contributed by atoms with Gasteiger partial charge in [-0.15, -0.1) is 0 Å². The van der Waals surface area contributed by atoms with Crippen LogP contribution < -0.4 is 21.7 Å². The number of nitrogens with one attached hydrogen (secondary N) is 2. The number of carbonyl (C=O) groups excluding carboxylic acids is 3. The normalized spacial score (nSPS) is 15.4. The fourth-order valence-corrected chi connectivity index (χ4v) is 5.24. The second kappa shape index (κ2) is 14.3. The van der Waals surface area contributed by atoms with Gasteiger partial charge in [0.15, 0.2) is 0 Å². The summed E-state index contributed by atoms with van der Waals surface area (Å²) in [7, 11) is 1.57. The molecule has 0 saturated carbocycles. The number of carbonyl (C=O) groups is 3. The molecule has 1 fully saturated rings. The zero-order valence-corrected chi connectivity index (χ0v) is 23.5. The van der Waals surface area contributed by atoms with E-state index in [2.05, 4.69) is 12.2 Å². The van der Waals surface area contributed by atoms with Crippen molar-refractivity contribution in [1.82, 2.24) is 16.0 Å². The number of rotatable bonds is 13. The van der Waals surface area contributed by atoms with Crippen LogP contribution in [0.4, 0.5) is 5.69 Å². The summed E-state index contributed by atoms with van der Waals surface area (Å²) in [4.78, 5) is 41.5. The van der Waals surface area contributed by atoms with Gasteiger partial charge >= 0.3 is 0 Å². The Bertz CT molecular complexity index is 1120. The van der Waals surface area contributed by atoms with E-state index >= 15 is 0 Å². The molecule has 9 nitrogen and oxygen atoms in total. The van der Waals surface area contributed by atoms with E-state index in [-0.39, 0.29) is 31.3 Å². The van der Waals surface area contributed by atoms with Crippen molar-refractivity contribution in [3.8, 4) is 0 Å².